The first-order chi connectivity index (χ1) is 8.06. The summed E-state index contributed by atoms with van der Waals surface area (Å²) in [5.74, 6) is 1.81. The van der Waals surface area contributed by atoms with Crippen molar-refractivity contribution in [3.63, 3.8) is 0 Å². The number of hydrogen-bond donors (Lipinski definition) is 0. The van der Waals surface area contributed by atoms with Crippen molar-refractivity contribution in [2.24, 2.45) is 4.99 Å². The molecule has 17 heavy (non-hydrogen) atoms. The molecule has 0 saturated heterocycles. The smallest absolute Gasteiger partial charge is 0.109 e. The van der Waals surface area contributed by atoms with E-state index < -0.39 is 0 Å². The Kier molecular flexibility index (Phi) is 3.48. The Morgan fingerprint density at radius 1 is 1.18 bits per heavy atom. The summed E-state index contributed by atoms with van der Waals surface area (Å²) in [5, 5.41) is 0. The van der Waals surface area contributed by atoms with Crippen molar-refractivity contribution < 1.29 is 4.42 Å². The lowest BCUT2D eigenvalue weighted by molar-refractivity contribution is 0.504. The number of aliphatic imine (C=N–C) groups is 1. The number of nitrogens with zero attached hydrogens (tertiary/aromatic N) is 1. The van der Waals surface area contributed by atoms with Crippen LogP contribution in [0.2, 0.25) is 0 Å². The van der Waals surface area contributed by atoms with Crippen molar-refractivity contribution in [3.8, 4) is 0 Å². The van der Waals surface area contributed by atoms with E-state index in [4.69, 9.17) is 4.42 Å². The van der Waals surface area contributed by atoms with Gasteiger partial charge in [-0.25, -0.2) is 0 Å². The zero-order chi connectivity index (χ0) is 12.4. The molecule has 0 atom stereocenters. The molecule has 1 heterocycles. The second-order valence-corrected chi connectivity index (χ2v) is 4.94. The standard InChI is InChI=1S/C14H14BrNO/c1-9-4-5-14(13(15)6-9)16-8-12-7-10(2)17-11(12)3/h4-8H,1-3H3. The van der Waals surface area contributed by atoms with Gasteiger partial charge in [0.05, 0.1) is 5.69 Å². The summed E-state index contributed by atoms with van der Waals surface area (Å²) in [6.45, 7) is 5.94. The van der Waals surface area contributed by atoms with Gasteiger partial charge in [-0.2, -0.15) is 0 Å². The quantitative estimate of drug-likeness (QED) is 0.735. The van der Waals surface area contributed by atoms with Crippen LogP contribution < -0.4 is 0 Å². The van der Waals surface area contributed by atoms with Crippen LogP contribution in [0.5, 0.6) is 0 Å². The fourth-order valence-electron chi connectivity index (χ4n) is 1.63. The minimum Gasteiger partial charge on any atom is -0.466 e. The van der Waals surface area contributed by atoms with Crippen LogP contribution in [0.15, 0.2) is 38.1 Å². The predicted octanol–water partition coefficient (Wildman–Crippen LogP) is 4.72. The van der Waals surface area contributed by atoms with Gasteiger partial charge in [0.1, 0.15) is 11.5 Å². The Bertz CT molecular complexity index is 570. The molecule has 0 aliphatic rings. The molecular weight excluding hydrogens is 278 g/mol. The van der Waals surface area contributed by atoms with Crippen molar-refractivity contribution in [2.75, 3.05) is 0 Å². The maximum absolute atomic E-state index is 5.45. The van der Waals surface area contributed by atoms with Gasteiger partial charge in [-0.1, -0.05) is 6.07 Å². The molecule has 0 amide bonds. The zero-order valence-electron chi connectivity index (χ0n) is 10.1. The van der Waals surface area contributed by atoms with E-state index in [1.165, 1.54) is 5.56 Å². The minimum atomic E-state index is 0.898. The summed E-state index contributed by atoms with van der Waals surface area (Å²) < 4.78 is 6.46. The average Bonchev–Trinajstić information content (AvgIpc) is 2.56. The van der Waals surface area contributed by atoms with Crippen LogP contribution in [0.1, 0.15) is 22.6 Å². The number of hydrogen-bond acceptors (Lipinski definition) is 2. The SMILES string of the molecule is Cc1ccc(N=Cc2cc(C)oc2C)c(Br)c1. The lowest BCUT2D eigenvalue weighted by Gasteiger charge is -1.99. The van der Waals surface area contributed by atoms with E-state index in [-0.39, 0.29) is 0 Å². The molecule has 0 fully saturated rings. The molecule has 0 unspecified atom stereocenters. The number of furan rings is 1. The van der Waals surface area contributed by atoms with Gasteiger partial charge in [-0.05, 0) is 60.5 Å². The van der Waals surface area contributed by atoms with Crippen molar-refractivity contribution in [3.05, 3.63) is 51.4 Å². The fourth-order valence-corrected chi connectivity index (χ4v) is 2.23. The third-order valence-corrected chi connectivity index (χ3v) is 3.16. The van der Waals surface area contributed by atoms with Crippen LogP contribution in [0, 0.1) is 20.8 Å². The van der Waals surface area contributed by atoms with Crippen LogP contribution in [-0.4, -0.2) is 6.21 Å². The first-order valence-electron chi connectivity index (χ1n) is 5.43. The van der Waals surface area contributed by atoms with E-state index in [1.54, 1.807) is 0 Å². The Morgan fingerprint density at radius 3 is 2.53 bits per heavy atom. The third-order valence-electron chi connectivity index (χ3n) is 2.53. The molecular formula is C14H14BrNO. The first-order valence-corrected chi connectivity index (χ1v) is 6.23. The van der Waals surface area contributed by atoms with E-state index in [1.807, 2.05) is 38.3 Å². The second-order valence-electron chi connectivity index (χ2n) is 4.08. The molecule has 3 heteroatoms. The molecule has 2 rings (SSSR count). The molecule has 0 N–H and O–H groups in total. The zero-order valence-corrected chi connectivity index (χ0v) is 11.7. The summed E-state index contributed by atoms with van der Waals surface area (Å²) in [5.41, 5.74) is 3.16. The lowest BCUT2D eigenvalue weighted by Crippen LogP contribution is -1.80. The number of rotatable bonds is 2. The van der Waals surface area contributed by atoms with Crippen LogP contribution in [0.25, 0.3) is 0 Å². The molecule has 0 spiro atoms. The van der Waals surface area contributed by atoms with Gasteiger partial charge in [0.15, 0.2) is 0 Å². The topological polar surface area (TPSA) is 25.5 Å². The maximum atomic E-state index is 5.45. The Hall–Kier alpha value is -1.35. The van der Waals surface area contributed by atoms with E-state index in [0.717, 1.165) is 27.2 Å². The minimum absolute atomic E-state index is 0.898. The van der Waals surface area contributed by atoms with Crippen molar-refractivity contribution >= 4 is 27.8 Å². The van der Waals surface area contributed by atoms with E-state index >= 15 is 0 Å². The van der Waals surface area contributed by atoms with Crippen LogP contribution in [0.4, 0.5) is 5.69 Å². The Labute approximate surface area is 110 Å². The molecule has 2 aromatic rings. The average molecular weight is 292 g/mol. The van der Waals surface area contributed by atoms with Gasteiger partial charge >= 0.3 is 0 Å². The number of halogens is 1. The van der Waals surface area contributed by atoms with Gasteiger partial charge in [-0.15, -0.1) is 0 Å². The maximum Gasteiger partial charge on any atom is 0.109 e. The van der Waals surface area contributed by atoms with E-state index in [2.05, 4.69) is 33.9 Å². The normalized spacial score (nSPS) is 11.3. The van der Waals surface area contributed by atoms with Crippen molar-refractivity contribution in [1.82, 2.24) is 0 Å². The Morgan fingerprint density at radius 2 is 1.94 bits per heavy atom. The largest absolute Gasteiger partial charge is 0.466 e. The van der Waals surface area contributed by atoms with E-state index in [0.29, 0.717) is 0 Å². The number of benzene rings is 1. The number of aryl methyl sites for hydroxylation is 3. The highest BCUT2D eigenvalue weighted by atomic mass is 79.9. The third kappa shape index (κ3) is 2.86. The Balaban J connectivity index is 2.29. The summed E-state index contributed by atoms with van der Waals surface area (Å²) in [6.07, 6.45) is 1.83. The summed E-state index contributed by atoms with van der Waals surface area (Å²) in [7, 11) is 0. The highest BCUT2D eigenvalue weighted by molar-refractivity contribution is 9.10. The van der Waals surface area contributed by atoms with Gasteiger partial charge in [0.2, 0.25) is 0 Å². The molecule has 0 bridgehead atoms. The van der Waals surface area contributed by atoms with Gasteiger partial charge < -0.3 is 4.42 Å². The van der Waals surface area contributed by atoms with Crippen molar-refractivity contribution in [1.29, 1.82) is 0 Å². The molecule has 88 valence electrons. The van der Waals surface area contributed by atoms with Gasteiger partial charge in [0, 0.05) is 16.3 Å². The van der Waals surface area contributed by atoms with E-state index in [9.17, 15) is 0 Å². The summed E-state index contributed by atoms with van der Waals surface area (Å²) in [4.78, 5) is 4.46. The highest BCUT2D eigenvalue weighted by Crippen LogP contribution is 2.26. The first kappa shape index (κ1) is 12.1. The van der Waals surface area contributed by atoms with Gasteiger partial charge in [0.25, 0.3) is 0 Å². The van der Waals surface area contributed by atoms with Crippen LogP contribution in [0.3, 0.4) is 0 Å². The molecule has 0 radical (unpaired) electrons. The molecule has 0 saturated carbocycles. The molecule has 1 aromatic carbocycles. The molecule has 1 aromatic heterocycles. The summed E-state index contributed by atoms with van der Waals surface area (Å²) >= 11 is 3.51. The molecule has 2 nitrogen and oxygen atoms in total. The molecule has 0 aliphatic heterocycles. The highest BCUT2D eigenvalue weighted by Gasteiger charge is 2.02. The monoisotopic (exact) mass is 291 g/mol. The summed E-state index contributed by atoms with van der Waals surface area (Å²) in [6, 6.07) is 8.09. The van der Waals surface area contributed by atoms with Crippen molar-refractivity contribution in [2.45, 2.75) is 20.8 Å². The fraction of sp³-hybridized carbons (Fsp3) is 0.214. The predicted molar refractivity (Wildman–Crippen MR) is 74.3 cm³/mol. The van der Waals surface area contributed by atoms with Crippen LogP contribution in [-0.2, 0) is 0 Å². The van der Waals surface area contributed by atoms with Crippen LogP contribution >= 0.6 is 15.9 Å². The van der Waals surface area contributed by atoms with Gasteiger partial charge in [-0.3, -0.25) is 4.99 Å². The second kappa shape index (κ2) is 4.88. The lowest BCUT2D eigenvalue weighted by atomic mass is 10.2. The molecule has 0 aliphatic carbocycles.